The van der Waals surface area contributed by atoms with Gasteiger partial charge in [0, 0.05) is 6.54 Å². The molecule has 3 aromatic carbocycles. The van der Waals surface area contributed by atoms with Crippen LogP contribution in [0.3, 0.4) is 0 Å². The first kappa shape index (κ1) is 30.2. The maximum absolute atomic E-state index is 10.9. The van der Waals surface area contributed by atoms with Crippen molar-refractivity contribution >= 4 is 31.0 Å². The maximum atomic E-state index is 10.9. The molecule has 0 aliphatic heterocycles. The molecule has 3 N–H and O–H groups in total. The molecule has 1 aromatic heterocycles. The highest BCUT2D eigenvalue weighted by Gasteiger charge is 2.13. The first-order chi connectivity index (χ1) is 18.5. The van der Waals surface area contributed by atoms with Crippen LogP contribution in [0, 0.1) is 5.41 Å². The number of nitrogens with zero attached hydrogens (tertiary/aromatic N) is 4. The second-order valence-electron chi connectivity index (χ2n) is 9.06. The molecule has 0 atom stereocenters. The molecule has 39 heavy (non-hydrogen) atoms. The molecule has 0 amide bonds. The zero-order chi connectivity index (χ0) is 28.5. The average molecular weight is 576 g/mol. The van der Waals surface area contributed by atoms with Crippen molar-refractivity contribution < 1.29 is 25.9 Å². The summed E-state index contributed by atoms with van der Waals surface area (Å²) in [6.07, 6.45) is 7.47. The van der Waals surface area contributed by atoms with Gasteiger partial charge in [-0.15, -0.1) is 0 Å². The molecule has 210 valence electrons. The lowest BCUT2D eigenvalue weighted by Gasteiger charge is -2.03. The molecule has 1 heterocycles. The molecule has 11 nitrogen and oxygen atoms in total. The minimum atomic E-state index is -4.30. The van der Waals surface area contributed by atoms with Gasteiger partial charge in [-0.1, -0.05) is 81.5 Å². The van der Waals surface area contributed by atoms with E-state index in [4.69, 9.17) is 14.5 Å². The third-order valence-corrected chi connectivity index (χ3v) is 7.72. The normalized spacial score (nSPS) is 11.8. The third kappa shape index (κ3) is 9.10. The number of hydrogen-bond acceptors (Lipinski definition) is 7. The Balaban J connectivity index is 0.000000218. The summed E-state index contributed by atoms with van der Waals surface area (Å²) in [5.41, 5.74) is 1.52. The highest BCUT2D eigenvalue weighted by Crippen LogP contribution is 2.22. The molecule has 0 aliphatic carbocycles. The van der Waals surface area contributed by atoms with Crippen molar-refractivity contribution in [1.82, 2.24) is 19.8 Å². The van der Waals surface area contributed by atoms with E-state index in [1.807, 2.05) is 30.3 Å². The van der Waals surface area contributed by atoms with Gasteiger partial charge in [0.25, 0.3) is 20.2 Å². The number of tetrazole rings is 1. The van der Waals surface area contributed by atoms with Gasteiger partial charge in [-0.05, 0) is 57.4 Å². The fourth-order valence-electron chi connectivity index (χ4n) is 3.89. The summed E-state index contributed by atoms with van der Waals surface area (Å²) < 4.78 is 64.8. The Morgan fingerprint density at radius 3 is 1.77 bits per heavy atom. The quantitative estimate of drug-likeness (QED) is 0.176. The van der Waals surface area contributed by atoms with Crippen LogP contribution in [0.25, 0.3) is 10.8 Å². The first-order valence-corrected chi connectivity index (χ1v) is 15.4. The highest BCUT2D eigenvalue weighted by atomic mass is 32.2. The van der Waals surface area contributed by atoms with Gasteiger partial charge in [-0.3, -0.25) is 14.5 Å². The summed E-state index contributed by atoms with van der Waals surface area (Å²) in [5.74, 6) is 0. The number of unbranched alkanes of at least 4 members (excludes halogenated alkanes) is 5. The zero-order valence-electron chi connectivity index (χ0n) is 21.6. The minimum Gasteiger partial charge on any atom is -0.282 e. The van der Waals surface area contributed by atoms with Crippen LogP contribution in [0.4, 0.5) is 0 Å². The van der Waals surface area contributed by atoms with E-state index in [2.05, 4.69) is 17.4 Å². The van der Waals surface area contributed by atoms with E-state index in [0.29, 0.717) is 22.9 Å². The van der Waals surface area contributed by atoms with Crippen LogP contribution in [0.2, 0.25) is 0 Å². The van der Waals surface area contributed by atoms with Crippen LogP contribution in [0.5, 0.6) is 0 Å². The van der Waals surface area contributed by atoms with Crippen molar-refractivity contribution in [3.8, 4) is 0 Å². The molecule has 0 spiro atoms. The van der Waals surface area contributed by atoms with Crippen LogP contribution < -0.4 is 5.62 Å². The van der Waals surface area contributed by atoms with Gasteiger partial charge in [-0.2, -0.15) is 16.8 Å². The summed E-state index contributed by atoms with van der Waals surface area (Å²) in [4.78, 5) is -0.566. The average Bonchev–Trinajstić information content (AvgIpc) is 3.24. The first-order valence-electron chi connectivity index (χ1n) is 12.6. The zero-order valence-corrected chi connectivity index (χ0v) is 23.3. The van der Waals surface area contributed by atoms with Crippen LogP contribution in [0.1, 0.15) is 51.0 Å². The lowest BCUT2D eigenvalue weighted by molar-refractivity contribution is 0.481. The molecule has 0 saturated heterocycles. The number of hydrogen-bond donors (Lipinski definition) is 3. The summed E-state index contributed by atoms with van der Waals surface area (Å²) >= 11 is 0. The molecule has 0 unspecified atom stereocenters. The van der Waals surface area contributed by atoms with Gasteiger partial charge >= 0.3 is 0 Å². The predicted molar refractivity (Wildman–Crippen MR) is 146 cm³/mol. The van der Waals surface area contributed by atoms with Gasteiger partial charge < -0.3 is 0 Å². The Labute approximate surface area is 228 Å². The van der Waals surface area contributed by atoms with E-state index in [9.17, 15) is 16.8 Å². The van der Waals surface area contributed by atoms with E-state index in [-0.39, 0.29) is 9.79 Å². The smallest absolute Gasteiger partial charge is 0.282 e. The summed E-state index contributed by atoms with van der Waals surface area (Å²) in [7, 11) is -8.60. The van der Waals surface area contributed by atoms with Gasteiger partial charge in [0.15, 0.2) is 0 Å². The second kappa shape index (κ2) is 13.6. The number of rotatable bonds is 11. The third-order valence-electron chi connectivity index (χ3n) is 6.02. The Kier molecular flexibility index (Phi) is 10.5. The second-order valence-corrected chi connectivity index (χ2v) is 11.9. The SMILES string of the molecule is CCCCCCCCn1nnn(Cc2ccccc2)c1=N.O=S(=O)(O)c1ccc2cc(S(=O)(=O)O)ccc2c1. The minimum absolute atomic E-state index is 0.283. The van der Waals surface area contributed by atoms with Crippen LogP contribution in [-0.4, -0.2) is 45.7 Å². The van der Waals surface area contributed by atoms with E-state index in [1.54, 1.807) is 9.36 Å². The van der Waals surface area contributed by atoms with Crippen LogP contribution >= 0.6 is 0 Å². The molecule has 13 heteroatoms. The Morgan fingerprint density at radius 2 is 1.23 bits per heavy atom. The van der Waals surface area contributed by atoms with Crippen molar-refractivity contribution in [3.05, 3.63) is 77.9 Å². The Bertz CT molecular complexity index is 1580. The van der Waals surface area contributed by atoms with E-state index in [0.717, 1.165) is 30.7 Å². The molecule has 0 saturated carbocycles. The number of fused-ring (bicyclic) bond motifs is 1. The van der Waals surface area contributed by atoms with Gasteiger partial charge in [-0.25, -0.2) is 9.36 Å². The molecule has 0 bridgehead atoms. The van der Waals surface area contributed by atoms with Crippen LogP contribution in [-0.2, 0) is 33.3 Å². The number of nitrogens with one attached hydrogen (secondary N) is 1. The Morgan fingerprint density at radius 1 is 0.718 bits per heavy atom. The maximum Gasteiger partial charge on any atom is 0.294 e. The number of benzene rings is 3. The summed E-state index contributed by atoms with van der Waals surface area (Å²) in [6, 6.07) is 17.5. The molecule has 0 fully saturated rings. The fraction of sp³-hybridized carbons (Fsp3) is 0.346. The fourth-order valence-corrected chi connectivity index (χ4v) is 4.92. The van der Waals surface area contributed by atoms with Crippen molar-refractivity contribution in [2.24, 2.45) is 0 Å². The Hall–Kier alpha value is -3.39. The molecular weight excluding hydrogens is 542 g/mol. The lowest BCUT2D eigenvalue weighted by Crippen LogP contribution is -2.26. The molecule has 0 radical (unpaired) electrons. The molecule has 4 aromatic rings. The van der Waals surface area contributed by atoms with Gasteiger partial charge in [0.2, 0.25) is 5.62 Å². The van der Waals surface area contributed by atoms with E-state index >= 15 is 0 Å². The van der Waals surface area contributed by atoms with E-state index < -0.39 is 20.2 Å². The molecular formula is C26H33N5O6S2. The van der Waals surface area contributed by atoms with E-state index in [1.165, 1.54) is 56.4 Å². The topological polar surface area (TPSA) is 168 Å². The van der Waals surface area contributed by atoms with Crippen molar-refractivity contribution in [2.75, 3.05) is 0 Å². The largest absolute Gasteiger partial charge is 0.294 e. The number of aromatic nitrogens is 4. The highest BCUT2D eigenvalue weighted by molar-refractivity contribution is 7.86. The molecule has 4 rings (SSSR count). The van der Waals surface area contributed by atoms with Gasteiger partial charge in [0.05, 0.1) is 16.3 Å². The van der Waals surface area contributed by atoms with Crippen molar-refractivity contribution in [2.45, 2.75) is 68.3 Å². The van der Waals surface area contributed by atoms with Crippen LogP contribution in [0.15, 0.2) is 76.5 Å². The summed E-state index contributed by atoms with van der Waals surface area (Å²) in [5, 5.41) is 17.1. The standard InChI is InChI=1S/C16H25N5.C10H8O6S2/c1-2-3-4-5-6-10-13-20-16(17)21(19-18-20)14-15-11-8-7-9-12-15;11-17(12,13)9-3-1-7-5-10(18(14,15)16)4-2-8(7)6-9/h7-9,11-12,17H,2-6,10,13-14H2,1H3;1-6H,(H,11,12,13)(H,14,15,16). The van der Waals surface area contributed by atoms with Crippen molar-refractivity contribution in [3.63, 3.8) is 0 Å². The van der Waals surface area contributed by atoms with Crippen molar-refractivity contribution in [1.29, 1.82) is 5.41 Å². The number of aryl methyl sites for hydroxylation is 1. The monoisotopic (exact) mass is 575 g/mol. The van der Waals surface area contributed by atoms with Gasteiger partial charge in [0.1, 0.15) is 0 Å². The lowest BCUT2D eigenvalue weighted by atomic mass is 10.1. The molecule has 0 aliphatic rings. The summed E-state index contributed by atoms with van der Waals surface area (Å²) in [6.45, 7) is 3.63. The predicted octanol–water partition coefficient (Wildman–Crippen LogP) is 4.30.